The second-order valence-corrected chi connectivity index (χ2v) is 8.43. The van der Waals surface area contributed by atoms with Crippen LogP contribution in [-0.4, -0.2) is 25.5 Å². The van der Waals surface area contributed by atoms with Crippen molar-refractivity contribution in [3.05, 3.63) is 33.2 Å². The number of oxime groups is 1. The van der Waals surface area contributed by atoms with Crippen molar-refractivity contribution in [1.82, 2.24) is 0 Å². The Morgan fingerprint density at radius 1 is 1.00 bits per heavy atom. The van der Waals surface area contributed by atoms with E-state index in [1.54, 1.807) is 6.08 Å². The summed E-state index contributed by atoms with van der Waals surface area (Å²) in [6.45, 7) is 4.73. The molecule has 4 nitrogen and oxygen atoms in total. The van der Waals surface area contributed by atoms with Crippen molar-refractivity contribution in [2.24, 2.45) is 5.16 Å². The first kappa shape index (κ1) is 22.9. The van der Waals surface area contributed by atoms with E-state index in [0.717, 1.165) is 37.1 Å². The van der Waals surface area contributed by atoms with Gasteiger partial charge >= 0.3 is 0 Å². The van der Waals surface area contributed by atoms with Crippen molar-refractivity contribution in [2.75, 3.05) is 19.8 Å². The molecule has 0 aliphatic rings. The molecule has 0 unspecified atom stereocenters. The van der Waals surface area contributed by atoms with Gasteiger partial charge in [-0.3, -0.25) is 0 Å². The molecule has 0 heterocycles. The predicted molar refractivity (Wildman–Crippen MR) is 106 cm³/mol. The first-order valence-electron chi connectivity index (χ1n) is 8.29. The van der Waals surface area contributed by atoms with Crippen LogP contribution in [0.25, 0.3) is 0 Å². The summed E-state index contributed by atoms with van der Waals surface area (Å²) in [5.41, 5.74) is 0.881. The minimum atomic E-state index is -0.775. The molecule has 0 aliphatic heterocycles. The van der Waals surface area contributed by atoms with Crippen LogP contribution in [-0.2, 0) is 4.84 Å². The third-order valence-electron chi connectivity index (χ3n) is 3.08. The van der Waals surface area contributed by atoms with Crippen molar-refractivity contribution in [1.29, 1.82) is 0 Å². The van der Waals surface area contributed by atoms with E-state index in [4.69, 9.17) is 14.3 Å². The zero-order valence-corrected chi connectivity index (χ0v) is 18.0. The first-order chi connectivity index (χ1) is 12.4. The first-order valence-corrected chi connectivity index (χ1v) is 9.87. The van der Waals surface area contributed by atoms with Crippen LogP contribution in [0.1, 0.15) is 39.5 Å². The lowest BCUT2D eigenvalue weighted by molar-refractivity contribution is 0.139. The number of benzene rings is 1. The summed E-state index contributed by atoms with van der Waals surface area (Å²) in [6, 6.07) is 2.23. The lowest BCUT2D eigenvalue weighted by Gasteiger charge is -2.10. The molecule has 0 spiro atoms. The van der Waals surface area contributed by atoms with Crippen LogP contribution in [0, 0.1) is 11.6 Å². The number of halogens is 4. The molecule has 1 rings (SSSR count). The van der Waals surface area contributed by atoms with Crippen LogP contribution in [0.15, 0.2) is 26.8 Å². The molecule has 0 saturated heterocycles. The zero-order valence-electron chi connectivity index (χ0n) is 14.9. The second kappa shape index (κ2) is 13.1. The standard InChI is InChI=1S/C18H23Br2F2NO3/c1-13(2)23-26-9-6-4-3-5-8-25-18-15(21)11-14(12-16(18)22)24-10-7-17(19)20/h7,11-12H,3-6,8-10H2,1-2H3. The highest BCUT2D eigenvalue weighted by Crippen LogP contribution is 2.27. The Labute approximate surface area is 169 Å². The fraction of sp³-hybridized carbons (Fsp3) is 0.500. The number of rotatable bonds is 12. The monoisotopic (exact) mass is 497 g/mol. The zero-order chi connectivity index (χ0) is 19.4. The molecule has 0 N–H and O–H groups in total. The van der Waals surface area contributed by atoms with Crippen molar-refractivity contribution >= 4 is 37.6 Å². The van der Waals surface area contributed by atoms with E-state index < -0.39 is 11.6 Å². The number of hydrogen-bond donors (Lipinski definition) is 0. The lowest BCUT2D eigenvalue weighted by atomic mass is 10.2. The van der Waals surface area contributed by atoms with Crippen LogP contribution in [0.4, 0.5) is 8.78 Å². The third-order valence-corrected chi connectivity index (χ3v) is 3.73. The summed E-state index contributed by atoms with van der Waals surface area (Å²) < 4.78 is 39.1. The van der Waals surface area contributed by atoms with Crippen molar-refractivity contribution < 1.29 is 23.1 Å². The molecule has 0 fully saturated rings. The maximum Gasteiger partial charge on any atom is 0.190 e. The fourth-order valence-corrected chi connectivity index (χ4v) is 2.19. The molecule has 1 aromatic rings. The summed E-state index contributed by atoms with van der Waals surface area (Å²) in [5, 5.41) is 3.84. The van der Waals surface area contributed by atoms with Gasteiger partial charge in [-0.25, -0.2) is 8.78 Å². The molecule has 0 aliphatic carbocycles. The highest BCUT2D eigenvalue weighted by molar-refractivity contribution is 9.28. The Bertz CT molecular complexity index is 593. The topological polar surface area (TPSA) is 40.0 Å². The smallest absolute Gasteiger partial charge is 0.190 e. The lowest BCUT2D eigenvalue weighted by Crippen LogP contribution is -2.03. The average Bonchev–Trinajstić information content (AvgIpc) is 2.54. The Balaban J connectivity index is 2.30. The van der Waals surface area contributed by atoms with Crippen LogP contribution in [0.2, 0.25) is 0 Å². The molecule has 0 aromatic heterocycles. The Morgan fingerprint density at radius 3 is 2.19 bits per heavy atom. The number of unbranched alkanes of at least 4 members (excludes halogenated alkanes) is 3. The van der Waals surface area contributed by atoms with E-state index >= 15 is 0 Å². The SMILES string of the molecule is CC(C)=NOCCCCCCOc1c(F)cc(OCC=C(Br)Br)cc1F. The van der Waals surface area contributed by atoms with Crippen LogP contribution < -0.4 is 9.47 Å². The Hall–Kier alpha value is -1.15. The highest BCUT2D eigenvalue weighted by Gasteiger charge is 2.13. The average molecular weight is 499 g/mol. The van der Waals surface area contributed by atoms with Crippen molar-refractivity contribution in [3.63, 3.8) is 0 Å². The quantitative estimate of drug-likeness (QED) is 0.192. The molecule has 1 aromatic carbocycles. The summed E-state index contributed by atoms with van der Waals surface area (Å²) in [5.74, 6) is -1.81. The molecule has 0 amide bonds. The Morgan fingerprint density at radius 2 is 1.62 bits per heavy atom. The molecule has 0 radical (unpaired) electrons. The molecular formula is C18H23Br2F2NO3. The van der Waals surface area contributed by atoms with E-state index in [0.29, 0.717) is 16.4 Å². The van der Waals surface area contributed by atoms with Gasteiger partial charge in [0.25, 0.3) is 0 Å². The second-order valence-electron chi connectivity index (χ2n) is 5.66. The van der Waals surface area contributed by atoms with Crippen LogP contribution in [0.3, 0.4) is 0 Å². The molecule has 0 saturated carbocycles. The van der Waals surface area contributed by atoms with Gasteiger partial charge in [-0.15, -0.1) is 0 Å². The molecule has 8 heteroatoms. The largest absolute Gasteiger partial charge is 0.489 e. The molecule has 0 atom stereocenters. The van der Waals surface area contributed by atoms with Gasteiger partial charge < -0.3 is 14.3 Å². The summed E-state index contributed by atoms with van der Waals surface area (Å²) in [7, 11) is 0. The van der Waals surface area contributed by atoms with E-state index in [2.05, 4.69) is 37.0 Å². The van der Waals surface area contributed by atoms with Crippen molar-refractivity contribution in [2.45, 2.75) is 39.5 Å². The molecular weight excluding hydrogens is 476 g/mol. The molecule has 0 bridgehead atoms. The van der Waals surface area contributed by atoms with Gasteiger partial charge in [0.05, 0.1) is 15.7 Å². The number of nitrogens with zero attached hydrogens (tertiary/aromatic N) is 1. The third kappa shape index (κ3) is 10.1. The summed E-state index contributed by atoms with van der Waals surface area (Å²) in [6.07, 6.45) is 5.08. The van der Waals surface area contributed by atoms with E-state index in [-0.39, 0.29) is 24.7 Å². The van der Waals surface area contributed by atoms with Gasteiger partial charge in [-0.2, -0.15) is 0 Å². The van der Waals surface area contributed by atoms with E-state index in [1.807, 2.05) is 13.8 Å². The maximum absolute atomic E-state index is 14.0. The summed E-state index contributed by atoms with van der Waals surface area (Å²) in [4.78, 5) is 5.09. The van der Waals surface area contributed by atoms with E-state index in [1.165, 1.54) is 0 Å². The minimum absolute atomic E-state index is 0.106. The normalized spacial score (nSPS) is 10.2. The van der Waals surface area contributed by atoms with Crippen LogP contribution in [0.5, 0.6) is 11.5 Å². The van der Waals surface area contributed by atoms with Gasteiger partial charge in [0.15, 0.2) is 17.4 Å². The van der Waals surface area contributed by atoms with Gasteiger partial charge in [-0.05, 0) is 77.5 Å². The van der Waals surface area contributed by atoms with Crippen molar-refractivity contribution in [3.8, 4) is 11.5 Å². The predicted octanol–water partition coefficient (Wildman–Crippen LogP) is 6.33. The van der Waals surface area contributed by atoms with E-state index in [9.17, 15) is 8.78 Å². The van der Waals surface area contributed by atoms with Gasteiger partial charge in [0.1, 0.15) is 19.0 Å². The minimum Gasteiger partial charge on any atom is -0.489 e. The molecule has 26 heavy (non-hydrogen) atoms. The van der Waals surface area contributed by atoms with Gasteiger partial charge in [0.2, 0.25) is 0 Å². The summed E-state index contributed by atoms with van der Waals surface area (Å²) >= 11 is 6.34. The number of hydrogen-bond acceptors (Lipinski definition) is 4. The maximum atomic E-state index is 14.0. The Kier molecular flexibility index (Phi) is 11.5. The highest BCUT2D eigenvalue weighted by atomic mass is 79.9. The molecule has 146 valence electrons. The van der Waals surface area contributed by atoms with Crippen LogP contribution >= 0.6 is 31.9 Å². The van der Waals surface area contributed by atoms with Gasteiger partial charge in [-0.1, -0.05) is 5.16 Å². The fourth-order valence-electron chi connectivity index (χ4n) is 1.93. The number of ether oxygens (including phenoxy) is 2. The van der Waals surface area contributed by atoms with Gasteiger partial charge in [0, 0.05) is 12.1 Å².